The van der Waals surface area contributed by atoms with E-state index >= 15 is 0 Å². The van der Waals surface area contributed by atoms with E-state index in [9.17, 15) is 4.79 Å². The summed E-state index contributed by atoms with van der Waals surface area (Å²) in [6.45, 7) is 9.40. The highest BCUT2D eigenvalue weighted by molar-refractivity contribution is 5.86. The normalized spacial score (nSPS) is 16.0. The molecule has 7 nitrogen and oxygen atoms in total. The fourth-order valence-corrected chi connectivity index (χ4v) is 3.02. The summed E-state index contributed by atoms with van der Waals surface area (Å²) < 4.78 is 5.42. The Morgan fingerprint density at radius 1 is 1.15 bits per heavy atom. The molecule has 0 saturated carbocycles. The number of guanidine groups is 1. The summed E-state index contributed by atoms with van der Waals surface area (Å²) >= 11 is 0. The quantitative estimate of drug-likeness (QED) is 0.459. The molecule has 0 spiro atoms. The van der Waals surface area contributed by atoms with E-state index < -0.39 is 0 Å². The van der Waals surface area contributed by atoms with Crippen LogP contribution >= 0.6 is 0 Å². The lowest BCUT2D eigenvalue weighted by atomic mass is 10.0. The van der Waals surface area contributed by atoms with Crippen LogP contribution in [0, 0.1) is 0 Å². The molecule has 1 fully saturated rings. The zero-order valence-electron chi connectivity index (χ0n) is 16.8. The van der Waals surface area contributed by atoms with Crippen LogP contribution < -0.4 is 16.0 Å². The van der Waals surface area contributed by atoms with Crippen LogP contribution in [-0.4, -0.2) is 75.3 Å². The fourth-order valence-electron chi connectivity index (χ4n) is 3.02. The number of aliphatic imine (C=N–C) groups is 1. The van der Waals surface area contributed by atoms with Crippen molar-refractivity contribution >= 4 is 11.9 Å². The number of ether oxygens (including phenoxy) is 1. The summed E-state index contributed by atoms with van der Waals surface area (Å²) in [6.07, 6.45) is 0.827. The molecular weight excluding hydrogens is 342 g/mol. The van der Waals surface area contributed by atoms with Gasteiger partial charge in [-0.25, -0.2) is 0 Å². The molecule has 0 aliphatic carbocycles. The topological polar surface area (TPSA) is 78.0 Å². The number of hydrogen-bond acceptors (Lipinski definition) is 4. The first-order chi connectivity index (χ1) is 13.0. The zero-order valence-corrected chi connectivity index (χ0v) is 16.8. The van der Waals surface area contributed by atoms with E-state index in [-0.39, 0.29) is 18.0 Å². The van der Waals surface area contributed by atoms with Gasteiger partial charge in [0.05, 0.1) is 19.8 Å². The van der Waals surface area contributed by atoms with E-state index in [4.69, 9.17) is 4.74 Å². The monoisotopic (exact) mass is 375 g/mol. The minimum absolute atomic E-state index is 0.0145. The van der Waals surface area contributed by atoms with Gasteiger partial charge in [-0.3, -0.25) is 14.7 Å². The van der Waals surface area contributed by atoms with Crippen molar-refractivity contribution in [1.82, 2.24) is 20.9 Å². The SMILES string of the molecule is CN=C(NCC(=O)NCCc1ccccc1)NCC(C)(C)N1CCOCC1. The zero-order chi connectivity index (χ0) is 19.5. The predicted molar refractivity (Wildman–Crippen MR) is 109 cm³/mol. The van der Waals surface area contributed by atoms with Gasteiger partial charge in [0.2, 0.25) is 5.91 Å². The van der Waals surface area contributed by atoms with Crippen molar-refractivity contribution in [2.24, 2.45) is 4.99 Å². The van der Waals surface area contributed by atoms with Crippen molar-refractivity contribution in [3.8, 4) is 0 Å². The van der Waals surface area contributed by atoms with Crippen molar-refractivity contribution in [3.63, 3.8) is 0 Å². The maximum atomic E-state index is 12.0. The molecule has 0 aromatic heterocycles. The number of nitrogens with one attached hydrogen (secondary N) is 3. The summed E-state index contributed by atoms with van der Waals surface area (Å²) in [5, 5.41) is 9.33. The van der Waals surface area contributed by atoms with Crippen LogP contribution in [0.2, 0.25) is 0 Å². The number of carbonyl (C=O) groups is 1. The summed E-state index contributed by atoms with van der Waals surface area (Å²) in [6, 6.07) is 10.1. The van der Waals surface area contributed by atoms with Crippen LogP contribution in [0.15, 0.2) is 35.3 Å². The van der Waals surface area contributed by atoms with Crippen LogP contribution in [0.4, 0.5) is 0 Å². The molecule has 1 aromatic rings. The molecule has 27 heavy (non-hydrogen) atoms. The second kappa shape index (κ2) is 10.9. The Balaban J connectivity index is 1.66. The Morgan fingerprint density at radius 3 is 2.52 bits per heavy atom. The van der Waals surface area contributed by atoms with Crippen LogP contribution in [0.3, 0.4) is 0 Å². The van der Waals surface area contributed by atoms with Gasteiger partial charge in [0.1, 0.15) is 0 Å². The Hall–Kier alpha value is -2.12. The molecule has 7 heteroatoms. The van der Waals surface area contributed by atoms with E-state index in [2.05, 4.69) is 51.8 Å². The average molecular weight is 376 g/mol. The predicted octanol–water partition coefficient (Wildman–Crippen LogP) is 0.621. The van der Waals surface area contributed by atoms with E-state index in [1.165, 1.54) is 5.56 Å². The number of morpholine rings is 1. The number of hydrogen-bond donors (Lipinski definition) is 3. The lowest BCUT2D eigenvalue weighted by molar-refractivity contribution is -0.119. The number of amides is 1. The molecule has 3 N–H and O–H groups in total. The molecule has 1 heterocycles. The summed E-state index contributed by atoms with van der Waals surface area (Å²) in [5.74, 6) is 0.593. The molecule has 0 atom stereocenters. The Labute approximate surface area is 162 Å². The van der Waals surface area contributed by atoms with Gasteiger partial charge >= 0.3 is 0 Å². The Kier molecular flexibility index (Phi) is 8.54. The third-order valence-corrected chi connectivity index (χ3v) is 4.77. The van der Waals surface area contributed by atoms with Crippen molar-refractivity contribution in [2.75, 3.05) is 53.0 Å². The van der Waals surface area contributed by atoms with E-state index in [0.29, 0.717) is 12.5 Å². The molecule has 1 aromatic carbocycles. The minimum Gasteiger partial charge on any atom is -0.379 e. The molecular formula is C20H33N5O2. The van der Waals surface area contributed by atoms with Gasteiger partial charge < -0.3 is 20.7 Å². The van der Waals surface area contributed by atoms with Gasteiger partial charge in [0, 0.05) is 38.8 Å². The third kappa shape index (κ3) is 7.56. The maximum Gasteiger partial charge on any atom is 0.239 e. The first-order valence-corrected chi connectivity index (χ1v) is 9.59. The van der Waals surface area contributed by atoms with Crippen molar-refractivity contribution in [2.45, 2.75) is 25.8 Å². The third-order valence-electron chi connectivity index (χ3n) is 4.77. The largest absolute Gasteiger partial charge is 0.379 e. The number of nitrogens with zero attached hydrogens (tertiary/aromatic N) is 2. The molecule has 1 amide bonds. The van der Waals surface area contributed by atoms with E-state index in [0.717, 1.165) is 39.3 Å². The molecule has 150 valence electrons. The summed E-state index contributed by atoms with van der Waals surface area (Å²) in [7, 11) is 1.71. The highest BCUT2D eigenvalue weighted by atomic mass is 16.5. The van der Waals surface area contributed by atoms with E-state index in [1.807, 2.05) is 18.2 Å². The first-order valence-electron chi connectivity index (χ1n) is 9.59. The Bertz CT molecular complexity index is 598. The van der Waals surface area contributed by atoms with Gasteiger partial charge in [0.15, 0.2) is 5.96 Å². The molecule has 1 aliphatic rings. The standard InChI is InChI=1S/C20H33N5O2/c1-20(2,25-11-13-27-14-12-25)16-24-19(21-3)23-15-18(26)22-10-9-17-7-5-4-6-8-17/h4-8H,9-16H2,1-3H3,(H,22,26)(H2,21,23,24). The second-order valence-electron chi connectivity index (χ2n) is 7.28. The minimum atomic E-state index is -0.0404. The Morgan fingerprint density at radius 2 is 1.85 bits per heavy atom. The fraction of sp³-hybridized carbons (Fsp3) is 0.600. The van der Waals surface area contributed by atoms with Crippen LogP contribution in [0.25, 0.3) is 0 Å². The van der Waals surface area contributed by atoms with Crippen LogP contribution in [0.5, 0.6) is 0 Å². The van der Waals surface area contributed by atoms with Gasteiger partial charge in [-0.05, 0) is 25.8 Å². The second-order valence-corrected chi connectivity index (χ2v) is 7.28. The maximum absolute atomic E-state index is 12.0. The molecule has 2 rings (SSSR count). The molecule has 0 radical (unpaired) electrons. The molecule has 1 aliphatic heterocycles. The van der Waals surface area contributed by atoms with Gasteiger partial charge in [-0.1, -0.05) is 30.3 Å². The average Bonchev–Trinajstić information content (AvgIpc) is 2.69. The van der Waals surface area contributed by atoms with Gasteiger partial charge in [-0.15, -0.1) is 0 Å². The van der Waals surface area contributed by atoms with Crippen LogP contribution in [0.1, 0.15) is 19.4 Å². The van der Waals surface area contributed by atoms with Crippen molar-refractivity contribution in [1.29, 1.82) is 0 Å². The molecule has 0 bridgehead atoms. The van der Waals surface area contributed by atoms with Gasteiger partial charge in [0.25, 0.3) is 0 Å². The highest BCUT2D eigenvalue weighted by Crippen LogP contribution is 2.14. The lowest BCUT2D eigenvalue weighted by Gasteiger charge is -2.41. The smallest absolute Gasteiger partial charge is 0.239 e. The van der Waals surface area contributed by atoms with Crippen molar-refractivity contribution < 1.29 is 9.53 Å². The number of carbonyl (C=O) groups excluding carboxylic acids is 1. The van der Waals surface area contributed by atoms with E-state index in [1.54, 1.807) is 7.05 Å². The van der Waals surface area contributed by atoms with Crippen molar-refractivity contribution in [3.05, 3.63) is 35.9 Å². The molecule has 0 unspecified atom stereocenters. The van der Waals surface area contributed by atoms with Crippen LogP contribution in [-0.2, 0) is 16.0 Å². The summed E-state index contributed by atoms with van der Waals surface area (Å²) in [4.78, 5) is 18.6. The highest BCUT2D eigenvalue weighted by Gasteiger charge is 2.28. The summed E-state index contributed by atoms with van der Waals surface area (Å²) in [5.41, 5.74) is 1.20. The number of rotatable bonds is 8. The first kappa shape index (κ1) is 21.2. The van der Waals surface area contributed by atoms with Gasteiger partial charge in [-0.2, -0.15) is 0 Å². The lowest BCUT2D eigenvalue weighted by Crippen LogP contribution is -2.56. The molecule has 1 saturated heterocycles. The number of benzene rings is 1.